The molecule has 2 aromatic rings. The zero-order valence-electron chi connectivity index (χ0n) is 15.5. The fourth-order valence-corrected chi connectivity index (χ4v) is 2.93. The summed E-state index contributed by atoms with van der Waals surface area (Å²) in [7, 11) is 1.77. The van der Waals surface area contributed by atoms with Crippen molar-refractivity contribution < 1.29 is 9.59 Å². The lowest BCUT2D eigenvalue weighted by Gasteiger charge is -2.19. The molecule has 2 amide bonds. The molecule has 1 aliphatic heterocycles. The molecular formula is C18H25ClN6O2. The van der Waals surface area contributed by atoms with E-state index in [1.165, 1.54) is 0 Å². The predicted octanol–water partition coefficient (Wildman–Crippen LogP) is 2.30. The molecule has 0 bridgehead atoms. The lowest BCUT2D eigenvalue weighted by molar-refractivity contribution is -0.115. The second-order valence-corrected chi connectivity index (χ2v) is 6.38. The van der Waals surface area contributed by atoms with Gasteiger partial charge in [-0.3, -0.25) is 14.9 Å². The zero-order valence-corrected chi connectivity index (χ0v) is 16.3. The third-order valence-electron chi connectivity index (χ3n) is 4.44. The van der Waals surface area contributed by atoms with Crippen LogP contribution in [0, 0.1) is 0 Å². The van der Waals surface area contributed by atoms with Crippen LogP contribution >= 0.6 is 12.4 Å². The number of amides is 2. The topological polar surface area (TPSA) is 101 Å². The van der Waals surface area contributed by atoms with E-state index in [-0.39, 0.29) is 24.2 Å². The van der Waals surface area contributed by atoms with Crippen LogP contribution < -0.4 is 16.0 Å². The number of aromatic nitrogens is 3. The molecule has 1 aromatic heterocycles. The molecule has 2 heterocycles. The number of carbonyl (C=O) groups excluding carboxylic acids is 2. The van der Waals surface area contributed by atoms with Crippen molar-refractivity contribution in [2.45, 2.75) is 32.1 Å². The first-order valence-corrected chi connectivity index (χ1v) is 8.89. The molecule has 27 heavy (non-hydrogen) atoms. The van der Waals surface area contributed by atoms with Crippen LogP contribution in [0.5, 0.6) is 0 Å². The van der Waals surface area contributed by atoms with E-state index in [9.17, 15) is 9.59 Å². The molecule has 0 spiro atoms. The smallest absolute Gasteiger partial charge is 0.258 e. The summed E-state index contributed by atoms with van der Waals surface area (Å²) in [6.45, 7) is 3.70. The largest absolute Gasteiger partial charge is 0.326 e. The number of hydrogen-bond acceptors (Lipinski definition) is 5. The van der Waals surface area contributed by atoms with Gasteiger partial charge in [0.2, 0.25) is 11.9 Å². The van der Waals surface area contributed by atoms with Crippen LogP contribution in [0.3, 0.4) is 0 Å². The van der Waals surface area contributed by atoms with Gasteiger partial charge in [-0.15, -0.1) is 12.4 Å². The second-order valence-electron chi connectivity index (χ2n) is 6.38. The summed E-state index contributed by atoms with van der Waals surface area (Å²) in [6, 6.07) is 6.83. The molecule has 0 unspecified atom stereocenters. The van der Waals surface area contributed by atoms with E-state index in [2.05, 4.69) is 26.0 Å². The van der Waals surface area contributed by atoms with Gasteiger partial charge >= 0.3 is 0 Å². The molecule has 1 saturated heterocycles. The van der Waals surface area contributed by atoms with Crippen molar-refractivity contribution in [2.75, 3.05) is 23.7 Å². The Bertz CT molecular complexity index is 801. The molecule has 3 rings (SSSR count). The summed E-state index contributed by atoms with van der Waals surface area (Å²) >= 11 is 0. The minimum Gasteiger partial charge on any atom is -0.326 e. The highest BCUT2D eigenvalue weighted by Gasteiger charge is 2.21. The molecule has 1 aliphatic rings. The number of nitrogens with one attached hydrogen (secondary N) is 3. The summed E-state index contributed by atoms with van der Waals surface area (Å²) < 4.78 is 1.60. The molecule has 8 nitrogen and oxygen atoms in total. The number of rotatable bonds is 5. The third-order valence-corrected chi connectivity index (χ3v) is 4.44. The van der Waals surface area contributed by atoms with Gasteiger partial charge in [0.05, 0.1) is 0 Å². The minimum atomic E-state index is -0.287. The molecular weight excluding hydrogens is 368 g/mol. The summed E-state index contributed by atoms with van der Waals surface area (Å²) in [6.07, 6.45) is 2.38. The number of anilines is 2. The Morgan fingerprint density at radius 3 is 2.70 bits per heavy atom. The van der Waals surface area contributed by atoms with Gasteiger partial charge in [-0.05, 0) is 44.1 Å². The minimum absolute atomic E-state index is 0. The molecule has 0 radical (unpaired) electrons. The normalized spacial score (nSPS) is 14.3. The molecule has 0 saturated carbocycles. The maximum Gasteiger partial charge on any atom is 0.258 e. The number of benzene rings is 1. The Kier molecular flexibility index (Phi) is 7.32. The van der Waals surface area contributed by atoms with Crippen molar-refractivity contribution in [1.82, 2.24) is 20.1 Å². The Balaban J connectivity index is 0.00000261. The molecule has 146 valence electrons. The average molecular weight is 393 g/mol. The highest BCUT2D eigenvalue weighted by molar-refractivity contribution is 6.04. The SMILES string of the molecule is CCC(=O)Nc1cccc(C(=O)Nc2nc(C3CCNCC3)nn2C)c1.Cl. The number of carbonyl (C=O) groups is 2. The van der Waals surface area contributed by atoms with E-state index in [0.29, 0.717) is 29.5 Å². The molecule has 9 heteroatoms. The maximum absolute atomic E-state index is 12.5. The van der Waals surface area contributed by atoms with Gasteiger partial charge in [0.1, 0.15) is 0 Å². The van der Waals surface area contributed by atoms with Gasteiger partial charge in [0.15, 0.2) is 5.82 Å². The van der Waals surface area contributed by atoms with Crippen LogP contribution in [0.1, 0.15) is 48.3 Å². The molecule has 1 fully saturated rings. The van der Waals surface area contributed by atoms with E-state index < -0.39 is 0 Å². The van der Waals surface area contributed by atoms with Crippen LogP contribution in [-0.4, -0.2) is 39.7 Å². The maximum atomic E-state index is 12.5. The van der Waals surface area contributed by atoms with Crippen LogP contribution in [0.15, 0.2) is 24.3 Å². The predicted molar refractivity (Wildman–Crippen MR) is 106 cm³/mol. The average Bonchev–Trinajstić information content (AvgIpc) is 3.03. The lowest BCUT2D eigenvalue weighted by atomic mass is 9.98. The van der Waals surface area contributed by atoms with Gasteiger partial charge in [-0.1, -0.05) is 13.0 Å². The monoisotopic (exact) mass is 392 g/mol. The summed E-state index contributed by atoms with van der Waals surface area (Å²) in [4.78, 5) is 28.6. The van der Waals surface area contributed by atoms with Gasteiger partial charge in [0.25, 0.3) is 5.91 Å². The summed E-state index contributed by atoms with van der Waals surface area (Å²) in [5.74, 6) is 1.13. The Morgan fingerprint density at radius 1 is 1.26 bits per heavy atom. The van der Waals surface area contributed by atoms with Crippen molar-refractivity contribution in [3.05, 3.63) is 35.7 Å². The number of nitrogens with zero attached hydrogens (tertiary/aromatic N) is 3. The number of aryl methyl sites for hydroxylation is 1. The van der Waals surface area contributed by atoms with Gasteiger partial charge in [-0.25, -0.2) is 4.68 Å². The summed E-state index contributed by atoms with van der Waals surface area (Å²) in [5, 5.41) is 13.3. The second kappa shape index (κ2) is 9.48. The highest BCUT2D eigenvalue weighted by Crippen LogP contribution is 2.23. The quantitative estimate of drug-likeness (QED) is 0.724. The fraction of sp³-hybridized carbons (Fsp3) is 0.444. The first-order chi connectivity index (χ1) is 12.6. The van der Waals surface area contributed by atoms with Crippen molar-refractivity contribution in [1.29, 1.82) is 0 Å². The molecule has 3 N–H and O–H groups in total. The van der Waals surface area contributed by atoms with E-state index in [0.717, 1.165) is 31.8 Å². The van der Waals surface area contributed by atoms with E-state index in [1.54, 1.807) is 42.9 Å². The lowest BCUT2D eigenvalue weighted by Crippen LogP contribution is -2.27. The van der Waals surface area contributed by atoms with Crippen molar-refractivity contribution in [3.8, 4) is 0 Å². The first-order valence-electron chi connectivity index (χ1n) is 8.89. The molecule has 1 aromatic carbocycles. The van der Waals surface area contributed by atoms with Gasteiger partial charge < -0.3 is 10.6 Å². The first kappa shape index (κ1) is 20.9. The van der Waals surface area contributed by atoms with Gasteiger partial charge in [0, 0.05) is 30.6 Å². The third kappa shape index (κ3) is 5.27. The summed E-state index contributed by atoms with van der Waals surface area (Å²) in [5.41, 5.74) is 1.04. The number of halogens is 1. The van der Waals surface area contributed by atoms with Crippen LogP contribution in [0.25, 0.3) is 0 Å². The van der Waals surface area contributed by atoms with E-state index >= 15 is 0 Å². The highest BCUT2D eigenvalue weighted by atomic mass is 35.5. The van der Waals surface area contributed by atoms with Crippen molar-refractivity contribution in [2.24, 2.45) is 7.05 Å². The zero-order chi connectivity index (χ0) is 18.5. The Labute approximate surface area is 164 Å². The van der Waals surface area contributed by atoms with Crippen molar-refractivity contribution >= 4 is 35.9 Å². The molecule has 0 aliphatic carbocycles. The fourth-order valence-electron chi connectivity index (χ4n) is 2.93. The van der Waals surface area contributed by atoms with Crippen molar-refractivity contribution in [3.63, 3.8) is 0 Å². The Hall–Kier alpha value is -2.45. The van der Waals surface area contributed by atoms with Crippen LogP contribution in [0.2, 0.25) is 0 Å². The van der Waals surface area contributed by atoms with E-state index in [1.807, 2.05) is 0 Å². The van der Waals surface area contributed by atoms with Crippen LogP contribution in [0.4, 0.5) is 11.6 Å². The van der Waals surface area contributed by atoms with Crippen LogP contribution in [-0.2, 0) is 11.8 Å². The number of hydrogen-bond donors (Lipinski definition) is 3. The van der Waals surface area contributed by atoms with E-state index in [4.69, 9.17) is 0 Å². The van der Waals surface area contributed by atoms with Gasteiger partial charge in [-0.2, -0.15) is 10.1 Å². The Morgan fingerprint density at radius 2 is 2.00 bits per heavy atom. The number of piperidine rings is 1. The standard InChI is InChI=1S/C18H24N6O2.ClH/c1-3-15(25)20-14-6-4-5-13(11-14)17(26)22-18-21-16(23-24(18)2)12-7-9-19-10-8-12;/h4-6,11-12,19H,3,7-10H2,1-2H3,(H,20,25)(H,21,22,23,26);1H. The molecule has 0 atom stereocenters.